The topological polar surface area (TPSA) is 108 Å². The van der Waals surface area contributed by atoms with Gasteiger partial charge < -0.3 is 10.3 Å². The van der Waals surface area contributed by atoms with E-state index in [1.165, 1.54) is 12.4 Å². The van der Waals surface area contributed by atoms with Gasteiger partial charge in [-0.3, -0.25) is 4.57 Å². The molecule has 0 saturated carbocycles. The Morgan fingerprint density at radius 1 is 1.10 bits per heavy atom. The van der Waals surface area contributed by atoms with E-state index in [4.69, 9.17) is 4.98 Å². The molecule has 2 aromatic carbocycles. The minimum Gasteiger partial charge on any atom is -0.368 e. The Bertz CT molecular complexity index is 1410. The van der Waals surface area contributed by atoms with E-state index in [0.717, 1.165) is 23.4 Å². The highest BCUT2D eigenvalue weighted by atomic mass is 19.1. The molecule has 3 heterocycles. The third-order valence-corrected chi connectivity index (χ3v) is 5.06. The molecule has 5 rings (SSSR count). The lowest BCUT2D eigenvalue weighted by Crippen LogP contribution is -2.08. The number of benzene rings is 2. The van der Waals surface area contributed by atoms with E-state index in [2.05, 4.69) is 25.3 Å². The molecule has 152 valence electrons. The molecule has 0 aliphatic heterocycles. The number of aromatic amines is 1. The first-order chi connectivity index (χ1) is 15.3. The van der Waals surface area contributed by atoms with E-state index < -0.39 is 5.82 Å². The molecule has 0 saturated heterocycles. The maximum absolute atomic E-state index is 14.3. The average Bonchev–Trinajstić information content (AvgIpc) is 3.42. The van der Waals surface area contributed by atoms with Gasteiger partial charge in [0.25, 0.3) is 0 Å². The van der Waals surface area contributed by atoms with Crippen LogP contribution in [-0.2, 0) is 6.42 Å². The molecular formula is C22H17FN8. The van der Waals surface area contributed by atoms with Crippen molar-refractivity contribution in [2.24, 2.45) is 0 Å². The van der Waals surface area contributed by atoms with Gasteiger partial charge in [0.1, 0.15) is 35.1 Å². The van der Waals surface area contributed by atoms with Gasteiger partial charge >= 0.3 is 0 Å². The highest BCUT2D eigenvalue weighted by Gasteiger charge is 2.18. The van der Waals surface area contributed by atoms with Crippen molar-refractivity contribution in [3.05, 3.63) is 72.3 Å². The third kappa shape index (κ3) is 3.34. The fraction of sp³-hybridized carbons (Fsp3) is 0.136. The molecule has 0 aliphatic rings. The number of anilines is 1. The maximum Gasteiger partial charge on any atom is 0.182 e. The summed E-state index contributed by atoms with van der Waals surface area (Å²) in [6.45, 7) is 0.641. The zero-order valence-electron chi connectivity index (χ0n) is 16.4. The standard InChI is InChI=1S/C22H17FN8/c23-16-8-9-17-20(15(16)11-24)31(14-5-2-1-3-6-14)18(30-17)7-4-10-25-21-19-22(27-12-26-19)29-13-28-21/h1-3,5-6,8-9,12-13H,4,7,10H2,(H2,25,26,27,28,29). The second-order valence-electron chi connectivity index (χ2n) is 6.95. The van der Waals surface area contributed by atoms with Crippen LogP contribution in [0, 0.1) is 17.1 Å². The van der Waals surface area contributed by atoms with Crippen LogP contribution in [0.25, 0.3) is 27.9 Å². The van der Waals surface area contributed by atoms with Gasteiger partial charge in [-0.05, 0) is 30.7 Å². The van der Waals surface area contributed by atoms with Crippen molar-refractivity contribution in [3.63, 3.8) is 0 Å². The number of hydrogen-bond acceptors (Lipinski definition) is 6. The Morgan fingerprint density at radius 3 is 2.81 bits per heavy atom. The van der Waals surface area contributed by atoms with Gasteiger partial charge in [0.2, 0.25) is 0 Å². The largest absolute Gasteiger partial charge is 0.368 e. The number of nitrogens with zero attached hydrogens (tertiary/aromatic N) is 6. The molecule has 0 radical (unpaired) electrons. The minimum absolute atomic E-state index is 0.000788. The summed E-state index contributed by atoms with van der Waals surface area (Å²) in [7, 11) is 0. The van der Waals surface area contributed by atoms with Crippen molar-refractivity contribution in [2.45, 2.75) is 12.8 Å². The quantitative estimate of drug-likeness (QED) is 0.411. The van der Waals surface area contributed by atoms with Crippen LogP contribution < -0.4 is 5.32 Å². The number of H-pyrrole nitrogens is 1. The number of aryl methyl sites for hydroxylation is 1. The van der Waals surface area contributed by atoms with Gasteiger partial charge in [-0.1, -0.05) is 18.2 Å². The second kappa shape index (κ2) is 7.84. The predicted octanol–water partition coefficient (Wildman–Crippen LogP) is 3.75. The molecule has 31 heavy (non-hydrogen) atoms. The van der Waals surface area contributed by atoms with Gasteiger partial charge in [-0.2, -0.15) is 5.26 Å². The molecule has 3 aromatic heterocycles. The molecule has 0 unspecified atom stereocenters. The van der Waals surface area contributed by atoms with E-state index in [0.29, 0.717) is 35.5 Å². The lowest BCUT2D eigenvalue weighted by Gasteiger charge is -2.11. The lowest BCUT2D eigenvalue weighted by molar-refractivity contribution is 0.625. The van der Waals surface area contributed by atoms with Crippen LogP contribution in [0.4, 0.5) is 10.2 Å². The smallest absolute Gasteiger partial charge is 0.182 e. The Balaban J connectivity index is 1.44. The SMILES string of the molecule is N#Cc1c(F)ccc2nc(CCCNc3ncnc4nc[nH]c34)n(-c3ccccc3)c12. The van der Waals surface area contributed by atoms with Crippen molar-refractivity contribution < 1.29 is 4.39 Å². The van der Waals surface area contributed by atoms with E-state index in [1.807, 2.05) is 41.0 Å². The number of para-hydroxylation sites is 1. The summed E-state index contributed by atoms with van der Waals surface area (Å²) in [4.78, 5) is 20.2. The van der Waals surface area contributed by atoms with Crippen LogP contribution in [0.15, 0.2) is 55.1 Å². The summed E-state index contributed by atoms with van der Waals surface area (Å²) in [6.07, 6.45) is 4.43. The van der Waals surface area contributed by atoms with Crippen LogP contribution in [0.1, 0.15) is 17.8 Å². The third-order valence-electron chi connectivity index (χ3n) is 5.06. The van der Waals surface area contributed by atoms with Gasteiger partial charge in [-0.25, -0.2) is 24.3 Å². The van der Waals surface area contributed by atoms with Crippen molar-refractivity contribution in [2.75, 3.05) is 11.9 Å². The van der Waals surface area contributed by atoms with Gasteiger partial charge in [-0.15, -0.1) is 0 Å². The highest BCUT2D eigenvalue weighted by molar-refractivity contribution is 5.84. The number of nitriles is 1. The Labute approximate surface area is 176 Å². The molecule has 9 heteroatoms. The van der Waals surface area contributed by atoms with Gasteiger partial charge in [0, 0.05) is 18.7 Å². The zero-order chi connectivity index (χ0) is 21.2. The number of fused-ring (bicyclic) bond motifs is 2. The molecule has 0 bridgehead atoms. The van der Waals surface area contributed by atoms with Crippen molar-refractivity contribution in [3.8, 4) is 11.8 Å². The molecule has 0 aliphatic carbocycles. The molecule has 0 amide bonds. The normalized spacial score (nSPS) is 11.1. The number of aromatic nitrogens is 6. The number of imidazole rings is 2. The van der Waals surface area contributed by atoms with E-state index in [-0.39, 0.29) is 5.56 Å². The maximum atomic E-state index is 14.3. The van der Waals surface area contributed by atoms with Crippen LogP contribution in [0.3, 0.4) is 0 Å². The van der Waals surface area contributed by atoms with Crippen molar-refractivity contribution >= 4 is 28.0 Å². The summed E-state index contributed by atoms with van der Waals surface area (Å²) >= 11 is 0. The molecule has 0 spiro atoms. The summed E-state index contributed by atoms with van der Waals surface area (Å²) < 4.78 is 16.2. The fourth-order valence-corrected chi connectivity index (χ4v) is 3.67. The first-order valence-corrected chi connectivity index (χ1v) is 9.79. The molecular weight excluding hydrogens is 395 g/mol. The number of nitrogens with one attached hydrogen (secondary N) is 2. The van der Waals surface area contributed by atoms with E-state index >= 15 is 0 Å². The van der Waals surface area contributed by atoms with Crippen LogP contribution >= 0.6 is 0 Å². The first-order valence-electron chi connectivity index (χ1n) is 9.79. The Kier molecular flexibility index (Phi) is 4.72. The van der Waals surface area contributed by atoms with Crippen LogP contribution in [0.5, 0.6) is 0 Å². The first kappa shape index (κ1) is 18.7. The molecule has 5 aromatic rings. The summed E-state index contributed by atoms with van der Waals surface area (Å²) in [5.41, 5.74) is 3.29. The Morgan fingerprint density at radius 2 is 1.97 bits per heavy atom. The highest BCUT2D eigenvalue weighted by Crippen LogP contribution is 2.27. The predicted molar refractivity (Wildman–Crippen MR) is 114 cm³/mol. The summed E-state index contributed by atoms with van der Waals surface area (Å²) in [5, 5.41) is 12.8. The van der Waals surface area contributed by atoms with E-state index in [1.54, 1.807) is 12.4 Å². The number of hydrogen-bond donors (Lipinski definition) is 2. The fourth-order valence-electron chi connectivity index (χ4n) is 3.67. The molecule has 0 fully saturated rings. The van der Waals surface area contributed by atoms with Crippen LogP contribution in [-0.4, -0.2) is 36.0 Å². The van der Waals surface area contributed by atoms with Crippen LogP contribution in [0.2, 0.25) is 0 Å². The zero-order valence-corrected chi connectivity index (χ0v) is 16.4. The molecule has 0 atom stereocenters. The second-order valence-corrected chi connectivity index (χ2v) is 6.95. The average molecular weight is 412 g/mol. The van der Waals surface area contributed by atoms with Crippen molar-refractivity contribution in [1.29, 1.82) is 5.26 Å². The molecule has 8 nitrogen and oxygen atoms in total. The Hall–Kier alpha value is -4.32. The number of rotatable bonds is 6. The lowest BCUT2D eigenvalue weighted by atomic mass is 10.1. The van der Waals surface area contributed by atoms with E-state index in [9.17, 15) is 9.65 Å². The summed E-state index contributed by atoms with van der Waals surface area (Å²) in [5.74, 6) is 0.903. The number of halogens is 1. The monoisotopic (exact) mass is 412 g/mol. The summed E-state index contributed by atoms with van der Waals surface area (Å²) in [6, 6.07) is 14.5. The molecule has 2 N–H and O–H groups in total. The van der Waals surface area contributed by atoms with Gasteiger partial charge in [0.15, 0.2) is 11.5 Å². The van der Waals surface area contributed by atoms with Crippen molar-refractivity contribution in [1.82, 2.24) is 29.5 Å². The van der Waals surface area contributed by atoms with Gasteiger partial charge in [0.05, 0.1) is 17.4 Å². The minimum atomic E-state index is -0.548.